The molecular weight excluding hydrogens is 546 g/mol. The molecule has 0 aromatic carbocycles. The van der Waals surface area contributed by atoms with Gasteiger partial charge in [-0.25, -0.2) is 0 Å². The van der Waals surface area contributed by atoms with Gasteiger partial charge < -0.3 is 10.4 Å². The smallest absolute Gasteiger partial charge is 0.266 e. The molecule has 0 fully saturated rings. The summed E-state index contributed by atoms with van der Waals surface area (Å²) in [4.78, 5) is 12.4. The van der Waals surface area contributed by atoms with Crippen LogP contribution in [-0.2, 0) is 14.9 Å². The summed E-state index contributed by atoms with van der Waals surface area (Å²) in [7, 11) is -4.30. The third-order valence-corrected chi connectivity index (χ3v) is 8.08. The molecule has 6 nitrogen and oxygen atoms in total. The zero-order valence-corrected chi connectivity index (χ0v) is 27.7. The third-order valence-electron chi connectivity index (χ3n) is 7.30. The molecular formula is C35H63NO5S. The predicted octanol–water partition coefficient (Wildman–Crippen LogP) is 9.18. The van der Waals surface area contributed by atoms with Gasteiger partial charge in [-0.15, -0.1) is 0 Å². The molecule has 0 heterocycles. The van der Waals surface area contributed by atoms with E-state index in [-0.39, 0.29) is 5.91 Å². The molecule has 7 heteroatoms. The van der Waals surface area contributed by atoms with Crippen LogP contribution in [0.15, 0.2) is 48.6 Å². The maximum Gasteiger partial charge on any atom is 0.266 e. The van der Waals surface area contributed by atoms with Gasteiger partial charge in [0, 0.05) is 6.42 Å². The highest BCUT2D eigenvalue weighted by molar-refractivity contribution is 7.85. The van der Waals surface area contributed by atoms with Gasteiger partial charge in [0.15, 0.2) is 0 Å². The fourth-order valence-corrected chi connectivity index (χ4v) is 5.56. The first-order chi connectivity index (χ1) is 20.3. The summed E-state index contributed by atoms with van der Waals surface area (Å²) in [6.07, 6.45) is 37.8. The molecule has 0 radical (unpaired) electrons. The van der Waals surface area contributed by atoms with Gasteiger partial charge in [-0.2, -0.15) is 8.42 Å². The van der Waals surface area contributed by atoms with Gasteiger partial charge in [-0.3, -0.25) is 9.35 Å². The van der Waals surface area contributed by atoms with Crippen LogP contribution in [0, 0.1) is 0 Å². The Balaban J connectivity index is 3.95. The highest BCUT2D eigenvalue weighted by Gasteiger charge is 2.26. The zero-order chi connectivity index (χ0) is 31.2. The molecule has 3 N–H and O–H groups in total. The Hall–Kier alpha value is -1.70. The van der Waals surface area contributed by atoms with E-state index >= 15 is 0 Å². The van der Waals surface area contributed by atoms with E-state index in [1.807, 2.05) is 0 Å². The summed E-state index contributed by atoms with van der Waals surface area (Å²) < 4.78 is 32.2. The van der Waals surface area contributed by atoms with Crippen molar-refractivity contribution in [3.63, 3.8) is 0 Å². The Labute approximate surface area is 259 Å². The minimum absolute atomic E-state index is 0.266. The van der Waals surface area contributed by atoms with E-state index in [4.69, 9.17) is 0 Å². The Morgan fingerprint density at radius 2 is 1.14 bits per heavy atom. The van der Waals surface area contributed by atoms with E-state index in [0.29, 0.717) is 12.8 Å². The van der Waals surface area contributed by atoms with Crippen molar-refractivity contribution in [1.82, 2.24) is 5.32 Å². The maximum absolute atomic E-state index is 12.4. The molecule has 0 aromatic heterocycles. The number of aliphatic hydroxyl groups excluding tert-OH is 1. The van der Waals surface area contributed by atoms with Crippen molar-refractivity contribution in [3.8, 4) is 0 Å². The van der Waals surface area contributed by atoms with Crippen molar-refractivity contribution in [2.45, 2.75) is 161 Å². The number of hydrogen-bond donors (Lipinski definition) is 3. The highest BCUT2D eigenvalue weighted by Crippen LogP contribution is 2.14. The number of amides is 1. The molecule has 0 saturated heterocycles. The summed E-state index contributed by atoms with van der Waals surface area (Å²) in [5, 5.41) is 13.2. The van der Waals surface area contributed by atoms with Gasteiger partial charge in [0.1, 0.15) is 0 Å². The van der Waals surface area contributed by atoms with Crippen molar-refractivity contribution in [1.29, 1.82) is 0 Å². The molecule has 0 aliphatic carbocycles. The topological polar surface area (TPSA) is 104 Å². The van der Waals surface area contributed by atoms with Crippen LogP contribution in [-0.4, -0.2) is 41.9 Å². The molecule has 2 unspecified atom stereocenters. The van der Waals surface area contributed by atoms with Crippen molar-refractivity contribution in [3.05, 3.63) is 48.6 Å². The summed E-state index contributed by atoms with van der Waals surface area (Å²) in [5.74, 6) is -0.922. The molecule has 0 bridgehead atoms. The van der Waals surface area contributed by atoms with Crippen LogP contribution in [0.25, 0.3) is 0 Å². The fraction of sp³-hybridized carbons (Fsp3) is 0.743. The lowest BCUT2D eigenvalue weighted by Crippen LogP contribution is -2.47. The number of carbonyl (C=O) groups excluding carboxylic acids is 1. The molecule has 1 amide bonds. The first kappa shape index (κ1) is 40.3. The number of aliphatic hydroxyl groups is 1. The summed E-state index contributed by atoms with van der Waals surface area (Å²) >= 11 is 0. The minimum atomic E-state index is -4.30. The van der Waals surface area contributed by atoms with Crippen molar-refractivity contribution < 1.29 is 22.9 Å². The predicted molar refractivity (Wildman–Crippen MR) is 179 cm³/mol. The summed E-state index contributed by atoms with van der Waals surface area (Å²) in [6, 6.07) is -0.976. The van der Waals surface area contributed by atoms with E-state index in [1.165, 1.54) is 44.9 Å². The van der Waals surface area contributed by atoms with Gasteiger partial charge in [0.25, 0.3) is 10.1 Å². The first-order valence-electron chi connectivity index (χ1n) is 16.8. The molecule has 2 atom stereocenters. The Kier molecular flexibility index (Phi) is 28.2. The van der Waals surface area contributed by atoms with Gasteiger partial charge in [-0.1, -0.05) is 140 Å². The van der Waals surface area contributed by atoms with Crippen LogP contribution in [0.2, 0.25) is 0 Å². The van der Waals surface area contributed by atoms with E-state index in [1.54, 1.807) is 0 Å². The van der Waals surface area contributed by atoms with Crippen LogP contribution in [0.4, 0.5) is 0 Å². The van der Waals surface area contributed by atoms with Crippen LogP contribution >= 0.6 is 0 Å². The normalized spacial score (nSPS) is 14.1. The zero-order valence-electron chi connectivity index (χ0n) is 26.9. The number of allylic oxidation sites excluding steroid dienone is 8. The van der Waals surface area contributed by atoms with Gasteiger partial charge in [0.05, 0.1) is 17.9 Å². The molecule has 0 saturated carbocycles. The van der Waals surface area contributed by atoms with Gasteiger partial charge in [-0.05, 0) is 51.4 Å². The second kappa shape index (κ2) is 29.4. The lowest BCUT2D eigenvalue weighted by molar-refractivity contribution is -0.122. The molecule has 0 spiro atoms. The number of unbranched alkanes of at least 4 members (excludes halogenated alkanes) is 13. The summed E-state index contributed by atoms with van der Waals surface area (Å²) in [5.41, 5.74) is 0. The van der Waals surface area contributed by atoms with E-state index in [0.717, 1.165) is 77.0 Å². The number of nitrogens with one attached hydrogen (secondary N) is 1. The molecule has 0 aromatic rings. The molecule has 0 aliphatic rings. The largest absolute Gasteiger partial charge is 0.391 e. The van der Waals surface area contributed by atoms with Gasteiger partial charge >= 0.3 is 0 Å². The number of rotatable bonds is 29. The standard InChI is InChI=1S/C35H63NO5S/c1-3-5-7-9-11-13-14-15-16-17-18-19-20-21-22-23-25-27-29-31-35(38)36-33(32-42(39,40)41)34(37)30-28-26-24-12-10-8-6-4-2/h5,7,11,13,15-16,18-19,33-34,37H,3-4,6,8-10,12,14,17,20-32H2,1-2H3,(H,36,38)(H,39,40,41)/b7-5-,13-11-,16-15-,19-18-. The number of hydrogen-bond acceptors (Lipinski definition) is 4. The van der Waals surface area contributed by atoms with Crippen LogP contribution in [0.1, 0.15) is 149 Å². The fourth-order valence-electron chi connectivity index (χ4n) is 4.80. The van der Waals surface area contributed by atoms with Crippen molar-refractivity contribution in [2.75, 3.05) is 5.75 Å². The SMILES string of the molecule is CC/C=C\C/C=C\C/C=C\C/C=C\CCCCCCCCC(=O)NC(CS(=O)(=O)O)C(O)CCCCCCCCCC. The average Bonchev–Trinajstić information content (AvgIpc) is 2.94. The number of carbonyl (C=O) groups is 1. The molecule has 0 aliphatic heterocycles. The van der Waals surface area contributed by atoms with E-state index < -0.39 is 28.0 Å². The Bertz CT molecular complexity index is 847. The average molecular weight is 610 g/mol. The first-order valence-corrected chi connectivity index (χ1v) is 18.4. The maximum atomic E-state index is 12.4. The molecule has 0 rings (SSSR count). The van der Waals surface area contributed by atoms with Crippen LogP contribution in [0.3, 0.4) is 0 Å². The Morgan fingerprint density at radius 3 is 1.69 bits per heavy atom. The Morgan fingerprint density at radius 1 is 0.667 bits per heavy atom. The van der Waals surface area contributed by atoms with E-state index in [9.17, 15) is 22.9 Å². The van der Waals surface area contributed by atoms with Gasteiger partial charge in [0.2, 0.25) is 5.91 Å². The van der Waals surface area contributed by atoms with E-state index in [2.05, 4.69) is 67.8 Å². The second-order valence-corrected chi connectivity index (χ2v) is 12.9. The van der Waals surface area contributed by atoms with Crippen molar-refractivity contribution in [2.24, 2.45) is 0 Å². The summed E-state index contributed by atoms with van der Waals surface area (Å²) in [6.45, 7) is 4.34. The lowest BCUT2D eigenvalue weighted by atomic mass is 10.0. The second-order valence-electron chi connectivity index (χ2n) is 11.4. The third kappa shape index (κ3) is 29.8. The monoisotopic (exact) mass is 609 g/mol. The minimum Gasteiger partial charge on any atom is -0.391 e. The van der Waals surface area contributed by atoms with Crippen LogP contribution in [0.5, 0.6) is 0 Å². The lowest BCUT2D eigenvalue weighted by Gasteiger charge is -2.23. The molecule has 244 valence electrons. The quantitative estimate of drug-likeness (QED) is 0.0446. The van der Waals surface area contributed by atoms with Crippen LogP contribution < -0.4 is 5.32 Å². The van der Waals surface area contributed by atoms with Crippen molar-refractivity contribution >= 4 is 16.0 Å². The molecule has 42 heavy (non-hydrogen) atoms. The highest BCUT2D eigenvalue weighted by atomic mass is 32.2.